The first-order valence-electron chi connectivity index (χ1n) is 10.0. The smallest absolute Gasteiger partial charge is 0.0638 e. The Labute approximate surface area is 159 Å². The number of benzene rings is 1. The first-order valence-corrected chi connectivity index (χ1v) is 10.0. The van der Waals surface area contributed by atoms with E-state index in [0.29, 0.717) is 0 Å². The van der Waals surface area contributed by atoms with Gasteiger partial charge in [0.15, 0.2) is 0 Å². The zero-order valence-corrected chi connectivity index (χ0v) is 17.3. The molecule has 0 saturated heterocycles. The normalized spacial score (nSPS) is 14.7. The second-order valence-electron chi connectivity index (χ2n) is 7.76. The number of hydrogen-bond acceptors (Lipinski definition) is 2. The molecule has 0 unspecified atom stereocenters. The van der Waals surface area contributed by atoms with Crippen molar-refractivity contribution in [1.29, 1.82) is 0 Å². The largest absolute Gasteiger partial charge is 0.279 e. The van der Waals surface area contributed by atoms with Gasteiger partial charge in [-0.1, -0.05) is 46.8 Å². The van der Waals surface area contributed by atoms with E-state index in [0.717, 1.165) is 42.8 Å². The zero-order valence-electron chi connectivity index (χ0n) is 17.3. The third-order valence-electron chi connectivity index (χ3n) is 6.16. The van der Waals surface area contributed by atoms with Crippen LogP contribution in [0.4, 0.5) is 5.69 Å². The number of nitrogens with zero attached hydrogens (tertiary/aromatic N) is 2. The summed E-state index contributed by atoms with van der Waals surface area (Å²) in [6.07, 6.45) is 12.7. The second kappa shape index (κ2) is 8.62. The van der Waals surface area contributed by atoms with Crippen molar-refractivity contribution >= 4 is 17.1 Å². The summed E-state index contributed by atoms with van der Waals surface area (Å²) in [6, 6.07) is 8.71. The third kappa shape index (κ3) is 4.81. The minimum Gasteiger partial charge on any atom is -0.279 e. The molecule has 0 spiro atoms. The molecule has 0 bridgehead atoms. The SMILES string of the molecule is CCC(C)(CC)N=C1C=CC(=Nc2ccc(C(C)(CC)CC)cc2)C=C1. The van der Waals surface area contributed by atoms with Gasteiger partial charge in [-0.15, -0.1) is 0 Å². The molecule has 0 atom stereocenters. The lowest BCUT2D eigenvalue weighted by atomic mass is 9.78. The Morgan fingerprint density at radius 3 is 1.65 bits per heavy atom. The van der Waals surface area contributed by atoms with Gasteiger partial charge in [0.25, 0.3) is 0 Å². The molecular formula is C24H34N2. The highest BCUT2D eigenvalue weighted by Gasteiger charge is 2.21. The summed E-state index contributed by atoms with van der Waals surface area (Å²) in [4.78, 5) is 9.64. The van der Waals surface area contributed by atoms with Crippen LogP contribution in [0.1, 0.15) is 72.8 Å². The fraction of sp³-hybridized carbons (Fsp3) is 0.500. The molecule has 0 N–H and O–H groups in total. The summed E-state index contributed by atoms with van der Waals surface area (Å²) in [7, 11) is 0. The molecule has 1 aliphatic carbocycles. The van der Waals surface area contributed by atoms with Gasteiger partial charge < -0.3 is 0 Å². The van der Waals surface area contributed by atoms with Crippen molar-refractivity contribution in [2.24, 2.45) is 9.98 Å². The minimum absolute atomic E-state index is 0.0275. The summed E-state index contributed by atoms with van der Waals surface area (Å²) in [5.74, 6) is 0. The fourth-order valence-electron chi connectivity index (χ4n) is 3.07. The van der Waals surface area contributed by atoms with Gasteiger partial charge >= 0.3 is 0 Å². The number of aliphatic imine (C=N–C) groups is 2. The monoisotopic (exact) mass is 350 g/mol. The molecule has 1 aliphatic rings. The van der Waals surface area contributed by atoms with E-state index in [4.69, 9.17) is 9.98 Å². The zero-order chi connectivity index (χ0) is 19.2. The molecule has 0 heterocycles. The Morgan fingerprint density at radius 2 is 1.19 bits per heavy atom. The molecule has 140 valence electrons. The summed E-state index contributed by atoms with van der Waals surface area (Å²) in [5, 5.41) is 0. The van der Waals surface area contributed by atoms with E-state index < -0.39 is 0 Å². The van der Waals surface area contributed by atoms with E-state index in [2.05, 4.69) is 90.1 Å². The number of hydrogen-bond donors (Lipinski definition) is 0. The quantitative estimate of drug-likeness (QED) is 0.474. The van der Waals surface area contributed by atoms with Crippen LogP contribution in [0.15, 0.2) is 58.6 Å². The lowest BCUT2D eigenvalue weighted by Crippen LogP contribution is -2.21. The average Bonchev–Trinajstić information content (AvgIpc) is 2.69. The molecule has 1 aromatic rings. The predicted octanol–water partition coefficient (Wildman–Crippen LogP) is 6.98. The standard InChI is InChI=1S/C24H34N2/c1-7-23(5,8-2)19-11-13-20(14-12-19)25-21-15-17-22(18-16-21)26-24(6,9-3)10-4/h11-18H,7-10H2,1-6H3. The number of rotatable bonds is 7. The lowest BCUT2D eigenvalue weighted by Gasteiger charge is -2.27. The van der Waals surface area contributed by atoms with Gasteiger partial charge in [0, 0.05) is 0 Å². The summed E-state index contributed by atoms with van der Waals surface area (Å²) >= 11 is 0. The van der Waals surface area contributed by atoms with E-state index in [1.807, 2.05) is 0 Å². The fourth-order valence-corrected chi connectivity index (χ4v) is 3.07. The van der Waals surface area contributed by atoms with Gasteiger partial charge in [0.05, 0.1) is 22.6 Å². The van der Waals surface area contributed by atoms with E-state index >= 15 is 0 Å². The first kappa shape index (κ1) is 20.4. The minimum atomic E-state index is 0.0275. The molecule has 0 radical (unpaired) electrons. The highest BCUT2D eigenvalue weighted by molar-refractivity contribution is 6.19. The number of allylic oxidation sites excluding steroid dienone is 4. The second-order valence-corrected chi connectivity index (χ2v) is 7.76. The predicted molar refractivity (Wildman–Crippen MR) is 116 cm³/mol. The first-order chi connectivity index (χ1) is 12.4. The van der Waals surface area contributed by atoms with Crippen molar-refractivity contribution in [3.8, 4) is 0 Å². The summed E-state index contributed by atoms with van der Waals surface area (Å²) in [6.45, 7) is 13.5. The lowest BCUT2D eigenvalue weighted by molar-refractivity contribution is 0.439. The topological polar surface area (TPSA) is 24.7 Å². The molecule has 0 aliphatic heterocycles. The molecular weight excluding hydrogens is 316 g/mol. The van der Waals surface area contributed by atoms with Crippen LogP contribution in [0.25, 0.3) is 0 Å². The van der Waals surface area contributed by atoms with Crippen LogP contribution >= 0.6 is 0 Å². The van der Waals surface area contributed by atoms with Crippen LogP contribution in [-0.2, 0) is 5.41 Å². The van der Waals surface area contributed by atoms with Crippen LogP contribution in [-0.4, -0.2) is 17.0 Å². The summed E-state index contributed by atoms with van der Waals surface area (Å²) in [5.41, 5.74) is 4.69. The van der Waals surface area contributed by atoms with Crippen LogP contribution < -0.4 is 0 Å². The van der Waals surface area contributed by atoms with Gasteiger partial charge in [-0.3, -0.25) is 4.99 Å². The van der Waals surface area contributed by atoms with Crippen molar-refractivity contribution in [2.75, 3.05) is 0 Å². The summed E-state index contributed by atoms with van der Waals surface area (Å²) < 4.78 is 0. The maximum absolute atomic E-state index is 4.89. The maximum Gasteiger partial charge on any atom is 0.0638 e. The van der Waals surface area contributed by atoms with Crippen molar-refractivity contribution in [2.45, 2.75) is 78.2 Å². The van der Waals surface area contributed by atoms with Crippen molar-refractivity contribution in [3.63, 3.8) is 0 Å². The van der Waals surface area contributed by atoms with Gasteiger partial charge in [-0.2, -0.15) is 0 Å². The highest BCUT2D eigenvalue weighted by Crippen LogP contribution is 2.32. The Kier molecular flexibility index (Phi) is 6.75. The Morgan fingerprint density at radius 1 is 0.692 bits per heavy atom. The maximum atomic E-state index is 4.89. The van der Waals surface area contributed by atoms with Crippen molar-refractivity contribution in [1.82, 2.24) is 0 Å². The van der Waals surface area contributed by atoms with E-state index in [9.17, 15) is 0 Å². The molecule has 2 heteroatoms. The molecule has 1 aromatic carbocycles. The Bertz CT molecular complexity index is 691. The Hall–Kier alpha value is -1.96. The molecule has 2 nitrogen and oxygen atoms in total. The molecule has 0 fully saturated rings. The van der Waals surface area contributed by atoms with Gasteiger partial charge in [0.2, 0.25) is 0 Å². The van der Waals surface area contributed by atoms with E-state index in [1.165, 1.54) is 5.56 Å². The van der Waals surface area contributed by atoms with Gasteiger partial charge in [-0.05, 0) is 80.0 Å². The van der Waals surface area contributed by atoms with Crippen LogP contribution in [0.3, 0.4) is 0 Å². The van der Waals surface area contributed by atoms with Gasteiger partial charge in [0.1, 0.15) is 0 Å². The third-order valence-corrected chi connectivity index (χ3v) is 6.16. The van der Waals surface area contributed by atoms with E-state index in [1.54, 1.807) is 0 Å². The van der Waals surface area contributed by atoms with Crippen molar-refractivity contribution in [3.05, 3.63) is 54.1 Å². The van der Waals surface area contributed by atoms with E-state index in [-0.39, 0.29) is 11.0 Å². The molecule has 0 amide bonds. The average molecular weight is 351 g/mol. The molecule has 2 rings (SSSR count). The van der Waals surface area contributed by atoms with Crippen LogP contribution in [0, 0.1) is 0 Å². The van der Waals surface area contributed by atoms with Crippen LogP contribution in [0.5, 0.6) is 0 Å². The highest BCUT2D eigenvalue weighted by atomic mass is 14.9. The van der Waals surface area contributed by atoms with Gasteiger partial charge in [-0.25, -0.2) is 4.99 Å². The van der Waals surface area contributed by atoms with Crippen LogP contribution in [0.2, 0.25) is 0 Å². The molecule has 26 heavy (non-hydrogen) atoms. The van der Waals surface area contributed by atoms with Crippen molar-refractivity contribution < 1.29 is 0 Å². The Balaban J connectivity index is 2.14. The molecule has 0 aromatic heterocycles. The molecule has 0 saturated carbocycles.